The maximum Gasteiger partial charge on any atom is 0.0992 e. The molecule has 0 saturated heterocycles. The quantitative estimate of drug-likeness (QED) is 0.795. The van der Waals surface area contributed by atoms with Gasteiger partial charge < -0.3 is 10.6 Å². The molecule has 0 unspecified atom stereocenters. The van der Waals surface area contributed by atoms with Gasteiger partial charge in [-0.15, -0.1) is 0 Å². The second-order valence-corrected chi connectivity index (χ2v) is 3.66. The number of anilines is 3. The van der Waals surface area contributed by atoms with Gasteiger partial charge in [-0.05, 0) is 30.3 Å². The summed E-state index contributed by atoms with van der Waals surface area (Å²) in [6.07, 6.45) is 3.48. The summed E-state index contributed by atoms with van der Waals surface area (Å²) in [5.74, 6) is 0. The molecule has 17 heavy (non-hydrogen) atoms. The van der Waals surface area contributed by atoms with Gasteiger partial charge in [0.25, 0.3) is 0 Å². The standard InChI is InChI=1S/C13H12N4/c1-17(11-3-2-6-16-9-11)13-5-4-10(8-14)7-12(13)15/h2-7,9H,15H2,1H3. The minimum Gasteiger partial charge on any atom is -0.397 e. The molecule has 0 fully saturated rings. The Morgan fingerprint density at radius 2 is 2.18 bits per heavy atom. The van der Waals surface area contributed by atoms with Crippen molar-refractivity contribution in [3.8, 4) is 6.07 Å². The third-order valence-corrected chi connectivity index (χ3v) is 2.55. The Balaban J connectivity index is 2.39. The number of nitrogens with two attached hydrogens (primary N) is 1. The molecule has 4 heteroatoms. The van der Waals surface area contributed by atoms with Gasteiger partial charge in [0.05, 0.1) is 34.9 Å². The van der Waals surface area contributed by atoms with Crippen LogP contribution in [-0.2, 0) is 0 Å². The average Bonchev–Trinajstić information content (AvgIpc) is 2.39. The number of nitriles is 1. The Morgan fingerprint density at radius 1 is 1.35 bits per heavy atom. The average molecular weight is 224 g/mol. The zero-order chi connectivity index (χ0) is 12.3. The highest BCUT2D eigenvalue weighted by Crippen LogP contribution is 2.28. The molecule has 2 rings (SSSR count). The van der Waals surface area contributed by atoms with E-state index in [0.29, 0.717) is 11.3 Å². The van der Waals surface area contributed by atoms with Crippen LogP contribution in [0.5, 0.6) is 0 Å². The maximum absolute atomic E-state index is 8.78. The van der Waals surface area contributed by atoms with Crippen LogP contribution < -0.4 is 10.6 Å². The van der Waals surface area contributed by atoms with Gasteiger partial charge in [0.15, 0.2) is 0 Å². The van der Waals surface area contributed by atoms with Crippen LogP contribution in [0.25, 0.3) is 0 Å². The Labute approximate surface area is 99.9 Å². The van der Waals surface area contributed by atoms with E-state index in [9.17, 15) is 0 Å². The van der Waals surface area contributed by atoms with E-state index in [1.54, 1.807) is 24.5 Å². The normalized spacial score (nSPS) is 9.65. The fourth-order valence-electron chi connectivity index (χ4n) is 1.62. The van der Waals surface area contributed by atoms with Gasteiger partial charge in [0.2, 0.25) is 0 Å². The summed E-state index contributed by atoms with van der Waals surface area (Å²) >= 11 is 0. The van der Waals surface area contributed by atoms with E-state index in [1.807, 2.05) is 30.1 Å². The third-order valence-electron chi connectivity index (χ3n) is 2.55. The monoisotopic (exact) mass is 224 g/mol. The maximum atomic E-state index is 8.78. The third kappa shape index (κ3) is 2.18. The minimum absolute atomic E-state index is 0.561. The van der Waals surface area contributed by atoms with Gasteiger partial charge in [0.1, 0.15) is 0 Å². The Morgan fingerprint density at radius 3 is 2.76 bits per heavy atom. The summed E-state index contributed by atoms with van der Waals surface area (Å²) in [7, 11) is 1.91. The number of benzene rings is 1. The smallest absolute Gasteiger partial charge is 0.0992 e. The van der Waals surface area contributed by atoms with Crippen LogP contribution in [0, 0.1) is 11.3 Å². The van der Waals surface area contributed by atoms with Crippen LogP contribution in [0.4, 0.5) is 17.1 Å². The van der Waals surface area contributed by atoms with Crippen LogP contribution in [-0.4, -0.2) is 12.0 Å². The molecule has 0 amide bonds. The second kappa shape index (κ2) is 4.54. The molecule has 0 aliphatic carbocycles. The van der Waals surface area contributed by atoms with Gasteiger partial charge in [-0.3, -0.25) is 4.98 Å². The fourth-order valence-corrected chi connectivity index (χ4v) is 1.62. The predicted molar refractivity (Wildman–Crippen MR) is 67.9 cm³/mol. The highest BCUT2D eigenvalue weighted by molar-refractivity contribution is 5.75. The molecule has 0 saturated carbocycles. The Kier molecular flexibility index (Phi) is 2.93. The lowest BCUT2D eigenvalue weighted by Crippen LogP contribution is -2.11. The van der Waals surface area contributed by atoms with Crippen molar-refractivity contribution >= 4 is 17.1 Å². The van der Waals surface area contributed by atoms with Crippen molar-refractivity contribution in [3.63, 3.8) is 0 Å². The lowest BCUT2D eigenvalue weighted by molar-refractivity contribution is 1.18. The van der Waals surface area contributed by atoms with E-state index in [1.165, 1.54) is 0 Å². The zero-order valence-corrected chi connectivity index (χ0v) is 9.46. The van der Waals surface area contributed by atoms with E-state index in [-0.39, 0.29) is 0 Å². The van der Waals surface area contributed by atoms with Crippen molar-refractivity contribution in [2.45, 2.75) is 0 Å². The molecule has 2 aromatic rings. The fraction of sp³-hybridized carbons (Fsp3) is 0.0769. The molecular weight excluding hydrogens is 212 g/mol. The van der Waals surface area contributed by atoms with E-state index in [0.717, 1.165) is 11.4 Å². The lowest BCUT2D eigenvalue weighted by atomic mass is 10.1. The number of hydrogen-bond donors (Lipinski definition) is 1. The van der Waals surface area contributed by atoms with E-state index in [4.69, 9.17) is 11.0 Å². The van der Waals surface area contributed by atoms with Crippen LogP contribution in [0.3, 0.4) is 0 Å². The molecule has 2 N–H and O–H groups in total. The van der Waals surface area contributed by atoms with E-state index in [2.05, 4.69) is 11.1 Å². The largest absolute Gasteiger partial charge is 0.397 e. The second-order valence-electron chi connectivity index (χ2n) is 3.66. The predicted octanol–water partition coefficient (Wildman–Crippen LogP) is 2.30. The molecule has 0 aliphatic heterocycles. The highest BCUT2D eigenvalue weighted by atomic mass is 15.1. The molecule has 0 atom stereocenters. The van der Waals surface area contributed by atoms with Crippen LogP contribution >= 0.6 is 0 Å². The van der Waals surface area contributed by atoms with Crippen LogP contribution in [0.1, 0.15) is 5.56 Å². The highest BCUT2D eigenvalue weighted by Gasteiger charge is 2.07. The van der Waals surface area contributed by atoms with Gasteiger partial charge in [-0.1, -0.05) is 0 Å². The van der Waals surface area contributed by atoms with E-state index >= 15 is 0 Å². The van der Waals surface area contributed by atoms with Crippen molar-refractivity contribution in [1.29, 1.82) is 5.26 Å². The van der Waals surface area contributed by atoms with Crippen LogP contribution in [0.2, 0.25) is 0 Å². The first-order chi connectivity index (χ1) is 8.22. The summed E-state index contributed by atoms with van der Waals surface area (Å²) in [5, 5.41) is 8.78. The molecule has 1 heterocycles. The van der Waals surface area contributed by atoms with Gasteiger partial charge in [-0.25, -0.2) is 0 Å². The number of rotatable bonds is 2. The van der Waals surface area contributed by atoms with Crippen molar-refractivity contribution in [3.05, 3.63) is 48.3 Å². The minimum atomic E-state index is 0.561. The first kappa shape index (κ1) is 11.0. The molecule has 0 bridgehead atoms. The number of nitrogens with zero attached hydrogens (tertiary/aromatic N) is 3. The van der Waals surface area contributed by atoms with Crippen molar-refractivity contribution in [1.82, 2.24) is 4.98 Å². The molecule has 0 radical (unpaired) electrons. The number of hydrogen-bond acceptors (Lipinski definition) is 4. The zero-order valence-electron chi connectivity index (χ0n) is 9.46. The summed E-state index contributed by atoms with van der Waals surface area (Å²) in [6, 6.07) is 11.1. The molecule has 84 valence electrons. The summed E-state index contributed by atoms with van der Waals surface area (Å²) in [4.78, 5) is 5.99. The van der Waals surface area contributed by atoms with Crippen molar-refractivity contribution < 1.29 is 0 Å². The summed E-state index contributed by atoms with van der Waals surface area (Å²) in [5.41, 5.74) is 8.87. The van der Waals surface area contributed by atoms with Gasteiger partial charge in [-0.2, -0.15) is 5.26 Å². The van der Waals surface area contributed by atoms with Crippen molar-refractivity contribution in [2.24, 2.45) is 0 Å². The Hall–Kier alpha value is -2.54. The molecule has 4 nitrogen and oxygen atoms in total. The summed E-state index contributed by atoms with van der Waals surface area (Å²) in [6.45, 7) is 0. The Bertz CT molecular complexity index is 557. The lowest BCUT2D eigenvalue weighted by Gasteiger charge is -2.20. The SMILES string of the molecule is CN(c1cccnc1)c1ccc(C#N)cc1N. The number of aromatic nitrogens is 1. The topological polar surface area (TPSA) is 65.9 Å². The first-order valence-electron chi connectivity index (χ1n) is 5.16. The van der Waals surface area contributed by atoms with E-state index < -0.39 is 0 Å². The molecule has 0 aliphatic rings. The molecule has 1 aromatic carbocycles. The van der Waals surface area contributed by atoms with Crippen LogP contribution in [0.15, 0.2) is 42.7 Å². The number of nitrogen functional groups attached to an aromatic ring is 1. The molecule has 1 aromatic heterocycles. The van der Waals surface area contributed by atoms with Gasteiger partial charge in [0, 0.05) is 13.2 Å². The summed E-state index contributed by atoms with van der Waals surface area (Å²) < 4.78 is 0. The molecular formula is C13H12N4. The van der Waals surface area contributed by atoms with Gasteiger partial charge >= 0.3 is 0 Å². The molecule has 0 spiro atoms. The number of pyridine rings is 1. The van der Waals surface area contributed by atoms with Crippen molar-refractivity contribution in [2.75, 3.05) is 17.7 Å². The first-order valence-corrected chi connectivity index (χ1v) is 5.16.